The summed E-state index contributed by atoms with van der Waals surface area (Å²) in [6, 6.07) is 0. The van der Waals surface area contributed by atoms with Gasteiger partial charge in [0.15, 0.2) is 5.65 Å². The molecular formula is C13H20N4O. The lowest BCUT2D eigenvalue weighted by molar-refractivity contribution is 0.0139. The highest BCUT2D eigenvalue weighted by Crippen LogP contribution is 2.14. The number of nitrogens with zero attached hydrogens (tertiary/aromatic N) is 3. The molecule has 1 unspecified atom stereocenters. The van der Waals surface area contributed by atoms with Gasteiger partial charge in [0.25, 0.3) is 0 Å². The number of rotatable bonds is 5. The SMILES string of the molecule is CC(C)C(C)(O)CNCc1cnc2cnccn12. The van der Waals surface area contributed by atoms with E-state index in [1.165, 1.54) is 0 Å². The Hall–Kier alpha value is -1.46. The number of aliphatic hydroxyl groups is 1. The minimum atomic E-state index is -0.692. The highest BCUT2D eigenvalue weighted by Gasteiger charge is 2.24. The Morgan fingerprint density at radius 2 is 2.22 bits per heavy atom. The predicted octanol–water partition coefficient (Wildman–Crippen LogP) is 1.23. The molecule has 5 nitrogen and oxygen atoms in total. The number of nitrogens with one attached hydrogen (secondary N) is 1. The third-order valence-electron chi connectivity index (χ3n) is 3.43. The van der Waals surface area contributed by atoms with Gasteiger partial charge in [-0.15, -0.1) is 0 Å². The molecule has 0 radical (unpaired) electrons. The molecule has 0 aromatic carbocycles. The van der Waals surface area contributed by atoms with Crippen LogP contribution in [0.2, 0.25) is 0 Å². The van der Waals surface area contributed by atoms with Crippen molar-refractivity contribution in [3.8, 4) is 0 Å². The Morgan fingerprint density at radius 1 is 1.44 bits per heavy atom. The monoisotopic (exact) mass is 248 g/mol. The summed E-state index contributed by atoms with van der Waals surface area (Å²) in [7, 11) is 0. The first-order valence-corrected chi connectivity index (χ1v) is 6.20. The fourth-order valence-electron chi connectivity index (χ4n) is 1.67. The Balaban J connectivity index is 1.99. The van der Waals surface area contributed by atoms with E-state index >= 15 is 0 Å². The number of hydrogen-bond acceptors (Lipinski definition) is 4. The average molecular weight is 248 g/mol. The number of imidazole rings is 1. The first kappa shape index (κ1) is 13.0. The van der Waals surface area contributed by atoms with Gasteiger partial charge in [-0.05, 0) is 12.8 Å². The molecule has 2 aromatic heterocycles. The van der Waals surface area contributed by atoms with Crippen molar-refractivity contribution in [3.05, 3.63) is 30.5 Å². The Bertz CT molecular complexity index is 518. The molecule has 2 N–H and O–H groups in total. The lowest BCUT2D eigenvalue weighted by Gasteiger charge is -2.27. The number of hydrogen-bond donors (Lipinski definition) is 2. The second-order valence-electron chi connectivity index (χ2n) is 5.17. The summed E-state index contributed by atoms with van der Waals surface area (Å²) in [5.74, 6) is 0.219. The molecule has 5 heteroatoms. The van der Waals surface area contributed by atoms with Crippen molar-refractivity contribution in [2.24, 2.45) is 5.92 Å². The molecule has 0 aliphatic heterocycles. The van der Waals surface area contributed by atoms with Gasteiger partial charge in [0.05, 0.1) is 23.7 Å². The molecule has 2 aromatic rings. The van der Waals surface area contributed by atoms with E-state index in [1.54, 1.807) is 12.4 Å². The van der Waals surface area contributed by atoms with Crippen molar-refractivity contribution >= 4 is 5.65 Å². The molecule has 0 spiro atoms. The maximum Gasteiger partial charge on any atom is 0.155 e. The molecule has 0 bridgehead atoms. The van der Waals surface area contributed by atoms with E-state index in [9.17, 15) is 5.11 Å². The largest absolute Gasteiger partial charge is 0.389 e. The Kier molecular flexibility index (Phi) is 3.63. The van der Waals surface area contributed by atoms with Crippen LogP contribution in [0, 0.1) is 5.92 Å². The van der Waals surface area contributed by atoms with Gasteiger partial charge >= 0.3 is 0 Å². The minimum Gasteiger partial charge on any atom is -0.389 e. The smallest absolute Gasteiger partial charge is 0.155 e. The standard InChI is InChI=1S/C13H20N4O/c1-10(2)13(3,18)9-15-6-11-7-16-12-8-14-4-5-17(11)12/h4-5,7-8,10,15,18H,6,9H2,1-3H3. The summed E-state index contributed by atoms with van der Waals surface area (Å²) in [5.41, 5.74) is 1.21. The van der Waals surface area contributed by atoms with E-state index in [0.717, 1.165) is 11.3 Å². The summed E-state index contributed by atoms with van der Waals surface area (Å²) in [6.45, 7) is 7.11. The number of fused-ring (bicyclic) bond motifs is 1. The fraction of sp³-hybridized carbons (Fsp3) is 0.538. The molecule has 0 saturated carbocycles. The second-order valence-corrected chi connectivity index (χ2v) is 5.17. The zero-order chi connectivity index (χ0) is 13.2. The van der Waals surface area contributed by atoms with Crippen LogP contribution in [0.5, 0.6) is 0 Å². The van der Waals surface area contributed by atoms with E-state index in [2.05, 4.69) is 15.3 Å². The van der Waals surface area contributed by atoms with Crippen molar-refractivity contribution in [3.63, 3.8) is 0 Å². The molecule has 98 valence electrons. The summed E-state index contributed by atoms with van der Waals surface area (Å²) in [6.07, 6.45) is 7.18. The third kappa shape index (κ3) is 2.68. The quantitative estimate of drug-likeness (QED) is 0.835. The van der Waals surface area contributed by atoms with E-state index in [-0.39, 0.29) is 5.92 Å². The van der Waals surface area contributed by atoms with E-state index in [1.807, 2.05) is 37.6 Å². The van der Waals surface area contributed by atoms with E-state index in [4.69, 9.17) is 0 Å². The van der Waals surface area contributed by atoms with Gasteiger partial charge in [0, 0.05) is 25.5 Å². The van der Waals surface area contributed by atoms with Crippen LogP contribution in [0.4, 0.5) is 0 Å². The molecule has 18 heavy (non-hydrogen) atoms. The van der Waals surface area contributed by atoms with Crippen LogP contribution < -0.4 is 5.32 Å². The molecule has 0 fully saturated rings. The first-order chi connectivity index (χ1) is 8.50. The molecule has 0 saturated heterocycles. The minimum absolute atomic E-state index is 0.219. The zero-order valence-electron chi connectivity index (χ0n) is 11.1. The van der Waals surface area contributed by atoms with Gasteiger partial charge in [-0.1, -0.05) is 13.8 Å². The first-order valence-electron chi connectivity index (χ1n) is 6.20. The summed E-state index contributed by atoms with van der Waals surface area (Å²) in [5, 5.41) is 13.4. The number of aromatic nitrogens is 3. The molecule has 0 amide bonds. The summed E-state index contributed by atoms with van der Waals surface area (Å²) in [4.78, 5) is 8.29. The van der Waals surface area contributed by atoms with Crippen LogP contribution in [-0.2, 0) is 6.54 Å². The average Bonchev–Trinajstić information content (AvgIpc) is 2.72. The Morgan fingerprint density at radius 3 is 2.94 bits per heavy atom. The highest BCUT2D eigenvalue weighted by atomic mass is 16.3. The zero-order valence-corrected chi connectivity index (χ0v) is 11.1. The molecule has 0 aliphatic rings. The van der Waals surface area contributed by atoms with E-state index in [0.29, 0.717) is 13.1 Å². The van der Waals surface area contributed by atoms with Crippen LogP contribution >= 0.6 is 0 Å². The lowest BCUT2D eigenvalue weighted by Crippen LogP contribution is -2.42. The van der Waals surface area contributed by atoms with Gasteiger partial charge in [0.2, 0.25) is 0 Å². The highest BCUT2D eigenvalue weighted by molar-refractivity contribution is 5.36. The second kappa shape index (κ2) is 5.04. The third-order valence-corrected chi connectivity index (χ3v) is 3.43. The normalized spacial score (nSPS) is 15.2. The molecule has 1 atom stereocenters. The van der Waals surface area contributed by atoms with Crippen molar-refractivity contribution in [1.82, 2.24) is 19.7 Å². The van der Waals surface area contributed by atoms with Crippen molar-refractivity contribution in [2.45, 2.75) is 32.9 Å². The van der Waals surface area contributed by atoms with Crippen LogP contribution in [0.3, 0.4) is 0 Å². The molecule has 2 heterocycles. The van der Waals surface area contributed by atoms with Gasteiger partial charge in [0.1, 0.15) is 0 Å². The summed E-state index contributed by atoms with van der Waals surface area (Å²) < 4.78 is 1.99. The topological polar surface area (TPSA) is 62.5 Å². The molecular weight excluding hydrogens is 228 g/mol. The van der Waals surface area contributed by atoms with Crippen molar-refractivity contribution in [1.29, 1.82) is 0 Å². The van der Waals surface area contributed by atoms with Crippen LogP contribution in [0.25, 0.3) is 5.65 Å². The molecule has 2 rings (SSSR count). The molecule has 0 aliphatic carbocycles. The lowest BCUT2D eigenvalue weighted by atomic mass is 9.92. The van der Waals surface area contributed by atoms with Crippen LogP contribution in [0.1, 0.15) is 26.5 Å². The summed E-state index contributed by atoms with van der Waals surface area (Å²) >= 11 is 0. The van der Waals surface area contributed by atoms with Crippen LogP contribution in [-0.4, -0.2) is 31.6 Å². The van der Waals surface area contributed by atoms with Crippen molar-refractivity contribution in [2.75, 3.05) is 6.54 Å². The Labute approximate surface area is 107 Å². The van der Waals surface area contributed by atoms with Crippen molar-refractivity contribution < 1.29 is 5.11 Å². The van der Waals surface area contributed by atoms with Gasteiger partial charge < -0.3 is 10.4 Å². The van der Waals surface area contributed by atoms with Gasteiger partial charge in [-0.25, -0.2) is 4.98 Å². The van der Waals surface area contributed by atoms with Gasteiger partial charge in [-0.3, -0.25) is 9.38 Å². The van der Waals surface area contributed by atoms with Crippen LogP contribution in [0.15, 0.2) is 24.8 Å². The van der Waals surface area contributed by atoms with Gasteiger partial charge in [-0.2, -0.15) is 0 Å². The fourth-order valence-corrected chi connectivity index (χ4v) is 1.67. The maximum atomic E-state index is 10.1. The van der Waals surface area contributed by atoms with E-state index < -0.39 is 5.60 Å². The maximum absolute atomic E-state index is 10.1. The predicted molar refractivity (Wildman–Crippen MR) is 70.2 cm³/mol.